The van der Waals surface area contributed by atoms with Gasteiger partial charge in [-0.25, -0.2) is 0 Å². The average molecular weight is 193 g/mol. The molecule has 0 heterocycles. The van der Waals surface area contributed by atoms with Crippen molar-refractivity contribution in [3.05, 3.63) is 0 Å². The van der Waals surface area contributed by atoms with Crippen LogP contribution >= 0.6 is 0 Å². The van der Waals surface area contributed by atoms with Gasteiger partial charge in [-0.05, 0) is 31.7 Å². The van der Waals surface area contributed by atoms with Gasteiger partial charge in [0.2, 0.25) is 0 Å². The van der Waals surface area contributed by atoms with Gasteiger partial charge in [0.05, 0.1) is 12.4 Å². The molecule has 12 heavy (non-hydrogen) atoms. The van der Waals surface area contributed by atoms with Gasteiger partial charge in [0.1, 0.15) is 0 Å². The highest BCUT2D eigenvalue weighted by Crippen LogP contribution is 2.27. The van der Waals surface area contributed by atoms with Gasteiger partial charge in [0.15, 0.2) is 0 Å². The molecule has 1 rings (SSSR count). The van der Waals surface area contributed by atoms with Crippen LogP contribution in [0.3, 0.4) is 0 Å². The van der Waals surface area contributed by atoms with E-state index in [-0.39, 0.29) is 6.10 Å². The molecule has 1 saturated carbocycles. The molecule has 4 nitrogen and oxygen atoms in total. The maximum atomic E-state index is 10.7. The second-order valence-electron chi connectivity index (χ2n) is 3.34. The van der Waals surface area contributed by atoms with Gasteiger partial charge in [-0.1, -0.05) is 0 Å². The van der Waals surface area contributed by atoms with Gasteiger partial charge in [-0.15, -0.1) is 0 Å². The fourth-order valence-corrected chi connectivity index (χ4v) is 2.25. The van der Waals surface area contributed by atoms with E-state index < -0.39 is 10.1 Å². The Morgan fingerprint density at radius 3 is 2.58 bits per heavy atom. The summed E-state index contributed by atoms with van der Waals surface area (Å²) in [5.74, 6) is 0.441. The van der Waals surface area contributed by atoms with Crippen molar-refractivity contribution in [3.63, 3.8) is 0 Å². The summed E-state index contributed by atoms with van der Waals surface area (Å²) in [7, 11) is -3.28. The first-order chi connectivity index (χ1) is 5.51. The molecule has 72 valence electrons. The quantitative estimate of drug-likeness (QED) is 0.645. The number of rotatable bonds is 3. The van der Waals surface area contributed by atoms with E-state index in [1.807, 2.05) is 0 Å². The molecular formula is C7H15NO3S. The summed E-state index contributed by atoms with van der Waals surface area (Å²) in [6.45, 7) is 0.629. The molecule has 0 radical (unpaired) electrons. The minimum absolute atomic E-state index is 0.131. The van der Waals surface area contributed by atoms with Crippen LogP contribution in [-0.2, 0) is 14.3 Å². The zero-order chi connectivity index (χ0) is 9.19. The van der Waals surface area contributed by atoms with Gasteiger partial charge in [-0.2, -0.15) is 8.42 Å². The first-order valence-corrected chi connectivity index (χ1v) is 5.91. The van der Waals surface area contributed by atoms with Gasteiger partial charge in [0.25, 0.3) is 10.1 Å². The molecule has 1 aliphatic carbocycles. The maximum absolute atomic E-state index is 10.7. The van der Waals surface area contributed by atoms with E-state index in [0.29, 0.717) is 12.5 Å². The molecule has 0 aliphatic heterocycles. The third-order valence-corrected chi connectivity index (χ3v) is 2.76. The first-order valence-electron chi connectivity index (χ1n) is 4.09. The molecule has 0 spiro atoms. The van der Waals surface area contributed by atoms with Crippen molar-refractivity contribution in [3.8, 4) is 0 Å². The molecule has 1 fully saturated rings. The monoisotopic (exact) mass is 193 g/mol. The summed E-state index contributed by atoms with van der Waals surface area (Å²) in [5.41, 5.74) is 5.45. The minimum Gasteiger partial charge on any atom is -0.330 e. The molecule has 1 aliphatic rings. The third-order valence-electron chi connectivity index (χ3n) is 2.14. The van der Waals surface area contributed by atoms with Crippen LogP contribution in [0.25, 0.3) is 0 Å². The van der Waals surface area contributed by atoms with Gasteiger partial charge < -0.3 is 5.73 Å². The van der Waals surface area contributed by atoms with Crippen LogP contribution in [-0.4, -0.2) is 27.3 Å². The van der Waals surface area contributed by atoms with Crippen molar-refractivity contribution in [1.82, 2.24) is 0 Å². The van der Waals surface area contributed by atoms with Crippen molar-refractivity contribution >= 4 is 10.1 Å². The van der Waals surface area contributed by atoms with Crippen LogP contribution in [0.5, 0.6) is 0 Å². The molecular weight excluding hydrogens is 178 g/mol. The van der Waals surface area contributed by atoms with Crippen LogP contribution in [0.2, 0.25) is 0 Å². The summed E-state index contributed by atoms with van der Waals surface area (Å²) in [5, 5.41) is 0. The van der Waals surface area contributed by atoms with Gasteiger partial charge in [-0.3, -0.25) is 4.18 Å². The lowest BCUT2D eigenvalue weighted by Crippen LogP contribution is -2.16. The SMILES string of the molecule is CS(=O)(=O)OC1CCC(CN)C1. The number of hydrogen-bond acceptors (Lipinski definition) is 4. The molecule has 2 N–H and O–H groups in total. The molecule has 5 heteroatoms. The van der Waals surface area contributed by atoms with Crippen LogP contribution in [0.15, 0.2) is 0 Å². The van der Waals surface area contributed by atoms with E-state index in [4.69, 9.17) is 9.92 Å². The molecule has 2 atom stereocenters. The highest BCUT2D eigenvalue weighted by atomic mass is 32.2. The summed E-state index contributed by atoms with van der Waals surface area (Å²) in [6, 6.07) is 0. The van der Waals surface area contributed by atoms with Crippen LogP contribution in [0.1, 0.15) is 19.3 Å². The molecule has 0 aromatic heterocycles. The van der Waals surface area contributed by atoms with Gasteiger partial charge >= 0.3 is 0 Å². The Hall–Kier alpha value is -0.130. The van der Waals surface area contributed by atoms with Crippen molar-refractivity contribution in [2.45, 2.75) is 25.4 Å². The normalized spacial score (nSPS) is 30.8. The second-order valence-corrected chi connectivity index (χ2v) is 4.94. The zero-order valence-electron chi connectivity index (χ0n) is 7.19. The topological polar surface area (TPSA) is 69.4 Å². The zero-order valence-corrected chi connectivity index (χ0v) is 8.01. The first kappa shape index (κ1) is 9.95. The lowest BCUT2D eigenvalue weighted by molar-refractivity contribution is 0.214. The van der Waals surface area contributed by atoms with Crippen LogP contribution in [0, 0.1) is 5.92 Å². The van der Waals surface area contributed by atoms with Gasteiger partial charge in [0, 0.05) is 0 Å². The van der Waals surface area contributed by atoms with Crippen molar-refractivity contribution < 1.29 is 12.6 Å². The van der Waals surface area contributed by atoms with E-state index in [0.717, 1.165) is 25.5 Å². The molecule has 2 unspecified atom stereocenters. The highest BCUT2D eigenvalue weighted by molar-refractivity contribution is 7.86. The summed E-state index contributed by atoms with van der Waals surface area (Å²) >= 11 is 0. The number of nitrogens with two attached hydrogens (primary N) is 1. The predicted octanol–water partition coefficient (Wildman–Crippen LogP) is 0.0900. The Kier molecular flexibility index (Phi) is 3.09. The number of hydrogen-bond donors (Lipinski definition) is 1. The Bertz CT molecular complexity index is 237. The van der Waals surface area contributed by atoms with Crippen LogP contribution in [0.4, 0.5) is 0 Å². The van der Waals surface area contributed by atoms with E-state index in [1.54, 1.807) is 0 Å². The van der Waals surface area contributed by atoms with Crippen LogP contribution < -0.4 is 5.73 Å². The largest absolute Gasteiger partial charge is 0.330 e. The average Bonchev–Trinajstić information content (AvgIpc) is 2.32. The van der Waals surface area contributed by atoms with E-state index >= 15 is 0 Å². The van der Waals surface area contributed by atoms with Crippen molar-refractivity contribution in [2.75, 3.05) is 12.8 Å². The Morgan fingerprint density at radius 2 is 2.17 bits per heavy atom. The summed E-state index contributed by atoms with van der Waals surface area (Å²) in [4.78, 5) is 0. The molecule has 0 bridgehead atoms. The summed E-state index contributed by atoms with van der Waals surface area (Å²) in [6.07, 6.45) is 3.53. The van der Waals surface area contributed by atoms with Crippen molar-refractivity contribution in [2.24, 2.45) is 11.7 Å². The highest BCUT2D eigenvalue weighted by Gasteiger charge is 2.26. The predicted molar refractivity (Wildman–Crippen MR) is 46.1 cm³/mol. The Morgan fingerprint density at radius 1 is 1.50 bits per heavy atom. The standard InChI is InChI=1S/C7H15NO3S/c1-12(9,10)11-7-3-2-6(4-7)5-8/h6-7H,2-5,8H2,1H3. The minimum atomic E-state index is -3.28. The maximum Gasteiger partial charge on any atom is 0.264 e. The fourth-order valence-electron chi connectivity index (χ4n) is 1.58. The van der Waals surface area contributed by atoms with E-state index in [2.05, 4.69) is 0 Å². The molecule has 0 aromatic rings. The van der Waals surface area contributed by atoms with E-state index in [9.17, 15) is 8.42 Å². The Labute approximate surface area is 73.2 Å². The second kappa shape index (κ2) is 3.72. The van der Waals surface area contributed by atoms with E-state index in [1.165, 1.54) is 0 Å². The smallest absolute Gasteiger partial charge is 0.264 e. The summed E-state index contributed by atoms with van der Waals surface area (Å²) < 4.78 is 26.3. The van der Waals surface area contributed by atoms with Crippen molar-refractivity contribution in [1.29, 1.82) is 0 Å². The lowest BCUT2D eigenvalue weighted by atomic mass is 10.1. The lowest BCUT2D eigenvalue weighted by Gasteiger charge is -2.08. The fraction of sp³-hybridized carbons (Fsp3) is 1.00. The third kappa shape index (κ3) is 3.08. The molecule has 0 saturated heterocycles. The molecule has 0 amide bonds. The Balaban J connectivity index is 2.38. The molecule has 0 aromatic carbocycles.